The Bertz CT molecular complexity index is 162. The van der Waals surface area contributed by atoms with Crippen LogP contribution in [0.4, 0.5) is 0 Å². The molecule has 0 aliphatic carbocycles. The number of unbranched alkanes of at least 4 members (excludes halogenated alkanes) is 2. The molecule has 0 bridgehead atoms. The van der Waals surface area contributed by atoms with E-state index in [0.29, 0.717) is 0 Å². The smallest absolute Gasteiger partial charge is 0.158 e. The molecule has 2 atom stereocenters. The van der Waals surface area contributed by atoms with Crippen molar-refractivity contribution >= 4 is 0 Å². The first kappa shape index (κ1) is 12.7. The van der Waals surface area contributed by atoms with E-state index in [1.807, 2.05) is 0 Å². The van der Waals surface area contributed by atoms with Gasteiger partial charge in [-0.15, -0.1) is 0 Å². The molecule has 1 aliphatic rings. The molecule has 15 heavy (non-hydrogen) atoms. The van der Waals surface area contributed by atoms with Crippen LogP contribution in [-0.4, -0.2) is 19.0 Å². The molecule has 1 aliphatic heterocycles. The van der Waals surface area contributed by atoms with Gasteiger partial charge in [0.05, 0.1) is 6.10 Å². The highest BCUT2D eigenvalue weighted by atomic mass is 16.7. The Labute approximate surface area is 93.7 Å². The van der Waals surface area contributed by atoms with E-state index < -0.39 is 0 Å². The minimum Gasteiger partial charge on any atom is -0.353 e. The number of hydrogen-bond acceptors (Lipinski definition) is 2. The monoisotopic (exact) mass is 211 g/mol. The van der Waals surface area contributed by atoms with E-state index in [1.54, 1.807) is 6.08 Å². The molecule has 2 heteroatoms. The van der Waals surface area contributed by atoms with E-state index in [1.165, 1.54) is 25.7 Å². The lowest BCUT2D eigenvalue weighted by atomic mass is 10.1. The highest BCUT2D eigenvalue weighted by Crippen LogP contribution is 2.18. The second-order valence-electron chi connectivity index (χ2n) is 4.16. The van der Waals surface area contributed by atoms with Crippen LogP contribution in [0.3, 0.4) is 0 Å². The molecule has 1 radical (unpaired) electrons. The lowest BCUT2D eigenvalue weighted by Gasteiger charge is -2.26. The predicted molar refractivity (Wildman–Crippen MR) is 61.5 cm³/mol. The van der Waals surface area contributed by atoms with Gasteiger partial charge in [0.15, 0.2) is 6.29 Å². The van der Waals surface area contributed by atoms with E-state index >= 15 is 0 Å². The molecule has 0 saturated carbocycles. The van der Waals surface area contributed by atoms with Crippen LogP contribution in [0.15, 0.2) is 6.08 Å². The van der Waals surface area contributed by atoms with Crippen LogP contribution in [0.2, 0.25) is 0 Å². The van der Waals surface area contributed by atoms with Gasteiger partial charge < -0.3 is 9.47 Å². The van der Waals surface area contributed by atoms with Crippen LogP contribution in [0.25, 0.3) is 0 Å². The summed E-state index contributed by atoms with van der Waals surface area (Å²) in [5.74, 6) is 0. The van der Waals surface area contributed by atoms with Gasteiger partial charge in [0.25, 0.3) is 0 Å². The minimum atomic E-state index is -0.0230. The molecule has 1 fully saturated rings. The van der Waals surface area contributed by atoms with Gasteiger partial charge in [-0.3, -0.25) is 0 Å². The summed E-state index contributed by atoms with van der Waals surface area (Å²) in [4.78, 5) is 0. The molecule has 1 heterocycles. The second kappa shape index (κ2) is 7.89. The summed E-state index contributed by atoms with van der Waals surface area (Å²) in [6, 6.07) is 0. The lowest BCUT2D eigenvalue weighted by Crippen LogP contribution is -2.26. The van der Waals surface area contributed by atoms with Crippen molar-refractivity contribution in [2.75, 3.05) is 6.61 Å². The highest BCUT2D eigenvalue weighted by molar-refractivity contribution is 4.78. The van der Waals surface area contributed by atoms with Gasteiger partial charge in [-0.1, -0.05) is 38.8 Å². The molecule has 1 saturated heterocycles. The van der Waals surface area contributed by atoms with Gasteiger partial charge in [-0.25, -0.2) is 0 Å². The maximum Gasteiger partial charge on any atom is 0.158 e. The Morgan fingerprint density at radius 2 is 2.33 bits per heavy atom. The standard InChI is InChI=1S/C13H23O2/c1-3-5-6-9-12(4-2)15-13-10-7-8-11-14-13/h2,4,12-13H,3,5-11H2,1H3. The summed E-state index contributed by atoms with van der Waals surface area (Å²) in [5.41, 5.74) is 0. The van der Waals surface area contributed by atoms with Crippen LogP contribution in [0.1, 0.15) is 51.9 Å². The third-order valence-electron chi connectivity index (χ3n) is 2.77. The van der Waals surface area contributed by atoms with Crippen molar-refractivity contribution in [3.63, 3.8) is 0 Å². The van der Waals surface area contributed by atoms with Crippen LogP contribution in [-0.2, 0) is 9.47 Å². The molecule has 0 spiro atoms. The average molecular weight is 211 g/mol. The quantitative estimate of drug-likeness (QED) is 0.600. The minimum absolute atomic E-state index is 0.0230. The van der Waals surface area contributed by atoms with Gasteiger partial charge in [0.2, 0.25) is 0 Å². The fourth-order valence-electron chi connectivity index (χ4n) is 1.82. The van der Waals surface area contributed by atoms with E-state index in [9.17, 15) is 0 Å². The van der Waals surface area contributed by atoms with Crippen LogP contribution in [0, 0.1) is 6.58 Å². The predicted octanol–water partition coefficient (Wildman–Crippen LogP) is 3.47. The molecule has 2 unspecified atom stereocenters. The van der Waals surface area contributed by atoms with Crippen LogP contribution in [0.5, 0.6) is 0 Å². The van der Waals surface area contributed by atoms with Crippen LogP contribution < -0.4 is 0 Å². The zero-order valence-electron chi connectivity index (χ0n) is 9.78. The molecule has 1 rings (SSSR count). The fraction of sp³-hybridized carbons (Fsp3) is 0.846. The molecule has 0 aromatic heterocycles. The van der Waals surface area contributed by atoms with E-state index in [2.05, 4.69) is 6.92 Å². The van der Waals surface area contributed by atoms with E-state index in [0.717, 1.165) is 25.9 Å². The third kappa shape index (κ3) is 5.33. The Morgan fingerprint density at radius 1 is 1.47 bits per heavy atom. The molecule has 87 valence electrons. The summed E-state index contributed by atoms with van der Waals surface area (Å²) in [5, 5.41) is 0. The number of ether oxygens (including phenoxy) is 2. The highest BCUT2D eigenvalue weighted by Gasteiger charge is 2.17. The van der Waals surface area contributed by atoms with Crippen LogP contribution >= 0.6 is 0 Å². The fourth-order valence-corrected chi connectivity index (χ4v) is 1.82. The molecule has 0 aromatic carbocycles. The summed E-state index contributed by atoms with van der Waals surface area (Å²) >= 11 is 0. The zero-order valence-corrected chi connectivity index (χ0v) is 9.78. The summed E-state index contributed by atoms with van der Waals surface area (Å²) in [7, 11) is 0. The van der Waals surface area contributed by atoms with Gasteiger partial charge >= 0.3 is 0 Å². The summed E-state index contributed by atoms with van der Waals surface area (Å²) < 4.78 is 11.3. The lowest BCUT2D eigenvalue weighted by molar-refractivity contribution is -0.179. The normalized spacial score (nSPS) is 23.7. The van der Waals surface area contributed by atoms with E-state index in [4.69, 9.17) is 16.1 Å². The molecule has 0 N–H and O–H groups in total. The van der Waals surface area contributed by atoms with Gasteiger partial charge in [0.1, 0.15) is 0 Å². The largest absolute Gasteiger partial charge is 0.353 e. The number of hydrogen-bond donors (Lipinski definition) is 0. The molecule has 0 amide bonds. The summed E-state index contributed by atoms with van der Waals surface area (Å²) in [6.45, 7) is 8.60. The van der Waals surface area contributed by atoms with Crippen molar-refractivity contribution in [1.82, 2.24) is 0 Å². The number of rotatable bonds is 7. The van der Waals surface area contributed by atoms with E-state index in [-0.39, 0.29) is 12.4 Å². The topological polar surface area (TPSA) is 18.5 Å². The van der Waals surface area contributed by atoms with Crippen molar-refractivity contribution in [1.29, 1.82) is 0 Å². The summed E-state index contributed by atoms with van der Waals surface area (Å²) in [6.07, 6.45) is 9.77. The first-order valence-electron chi connectivity index (χ1n) is 6.19. The van der Waals surface area contributed by atoms with Crippen molar-refractivity contribution < 1.29 is 9.47 Å². The zero-order chi connectivity index (χ0) is 10.9. The average Bonchev–Trinajstić information content (AvgIpc) is 2.29. The maximum absolute atomic E-state index is 5.78. The van der Waals surface area contributed by atoms with Crippen molar-refractivity contribution in [3.8, 4) is 0 Å². The second-order valence-corrected chi connectivity index (χ2v) is 4.16. The van der Waals surface area contributed by atoms with Gasteiger partial charge in [-0.2, -0.15) is 0 Å². The molecular formula is C13H23O2. The Hall–Kier alpha value is -0.340. The first-order valence-corrected chi connectivity index (χ1v) is 6.19. The SMILES string of the molecule is [CH]=CC(CCCCC)OC1CCCCO1. The van der Waals surface area contributed by atoms with Crippen molar-refractivity contribution in [3.05, 3.63) is 12.7 Å². The van der Waals surface area contributed by atoms with Crippen molar-refractivity contribution in [2.45, 2.75) is 64.3 Å². The van der Waals surface area contributed by atoms with Crippen molar-refractivity contribution in [2.24, 2.45) is 0 Å². The molecular weight excluding hydrogens is 188 g/mol. The first-order chi connectivity index (χ1) is 7.36. The van der Waals surface area contributed by atoms with Gasteiger partial charge in [0, 0.05) is 6.61 Å². The Kier molecular flexibility index (Phi) is 6.69. The van der Waals surface area contributed by atoms with Gasteiger partial charge in [-0.05, 0) is 25.7 Å². The Balaban J connectivity index is 2.16. The molecule has 2 nitrogen and oxygen atoms in total. The third-order valence-corrected chi connectivity index (χ3v) is 2.77. The maximum atomic E-state index is 5.78. The molecule has 0 aromatic rings. The Morgan fingerprint density at radius 3 is 2.93 bits per heavy atom.